The fourth-order valence-electron chi connectivity index (χ4n) is 1.94. The van der Waals surface area contributed by atoms with Gasteiger partial charge in [-0.15, -0.1) is 0 Å². The molecule has 1 aliphatic carbocycles. The third-order valence-electron chi connectivity index (χ3n) is 3.06. The van der Waals surface area contributed by atoms with Gasteiger partial charge in [-0.05, 0) is 30.9 Å². The Morgan fingerprint density at radius 2 is 2.00 bits per heavy atom. The second-order valence-electron chi connectivity index (χ2n) is 4.04. The molecule has 1 saturated carbocycles. The summed E-state index contributed by atoms with van der Waals surface area (Å²) >= 11 is 11.8. The molecule has 0 saturated heterocycles. The van der Waals surface area contributed by atoms with E-state index in [1.54, 1.807) is 6.07 Å². The summed E-state index contributed by atoms with van der Waals surface area (Å²) in [6.07, 6.45) is 3.43. The maximum absolute atomic E-state index is 9.76. The first-order valence-electron chi connectivity index (χ1n) is 5.03. The maximum atomic E-state index is 9.76. The lowest BCUT2D eigenvalue weighted by Gasteiger charge is -2.32. The molecule has 0 heterocycles. The Balaban J connectivity index is 2.33. The normalized spacial score (nSPS) is 18.6. The molecule has 4 heteroatoms. The lowest BCUT2D eigenvalue weighted by Crippen LogP contribution is -2.27. The predicted octanol–water partition coefficient (Wildman–Crippen LogP) is 3.50. The van der Waals surface area contributed by atoms with Gasteiger partial charge in [0.15, 0.2) is 0 Å². The molecular weight excluding hydrogens is 233 g/mol. The van der Waals surface area contributed by atoms with Crippen LogP contribution in [0, 0.1) is 5.92 Å². The van der Waals surface area contributed by atoms with Gasteiger partial charge in [-0.25, -0.2) is 0 Å². The van der Waals surface area contributed by atoms with Crippen molar-refractivity contribution in [3.8, 4) is 5.75 Å². The lowest BCUT2D eigenvalue weighted by atomic mass is 9.77. The molecule has 1 aromatic rings. The van der Waals surface area contributed by atoms with E-state index in [0.29, 0.717) is 21.5 Å². The molecule has 0 radical (unpaired) electrons. The number of phenols is 1. The minimum Gasteiger partial charge on any atom is -0.508 e. The highest BCUT2D eigenvalue weighted by Crippen LogP contribution is 2.42. The van der Waals surface area contributed by atoms with Crippen molar-refractivity contribution in [1.82, 2.24) is 0 Å². The van der Waals surface area contributed by atoms with Gasteiger partial charge in [-0.1, -0.05) is 29.6 Å². The topological polar surface area (TPSA) is 46.2 Å². The van der Waals surface area contributed by atoms with Gasteiger partial charge in [-0.3, -0.25) is 0 Å². The number of hydrogen-bond donors (Lipinski definition) is 2. The van der Waals surface area contributed by atoms with Gasteiger partial charge < -0.3 is 10.8 Å². The van der Waals surface area contributed by atoms with E-state index in [1.165, 1.54) is 12.5 Å². The minimum atomic E-state index is -0.177. The van der Waals surface area contributed by atoms with Crippen LogP contribution in [0.4, 0.5) is 0 Å². The first kappa shape index (κ1) is 11.1. The van der Waals surface area contributed by atoms with Crippen LogP contribution in [-0.4, -0.2) is 5.11 Å². The highest BCUT2D eigenvalue weighted by molar-refractivity contribution is 6.35. The van der Waals surface area contributed by atoms with Crippen molar-refractivity contribution in [2.45, 2.75) is 25.3 Å². The molecule has 3 N–H and O–H groups in total. The van der Waals surface area contributed by atoms with Crippen LogP contribution in [0.5, 0.6) is 5.75 Å². The van der Waals surface area contributed by atoms with E-state index in [2.05, 4.69) is 0 Å². The molecule has 0 amide bonds. The van der Waals surface area contributed by atoms with Crippen molar-refractivity contribution >= 4 is 23.2 Å². The molecule has 1 aromatic carbocycles. The van der Waals surface area contributed by atoms with Gasteiger partial charge in [0.25, 0.3) is 0 Å². The van der Waals surface area contributed by atoms with Crippen LogP contribution in [0.25, 0.3) is 0 Å². The summed E-state index contributed by atoms with van der Waals surface area (Å²) in [5.74, 6) is 0.543. The number of halogens is 2. The quantitative estimate of drug-likeness (QED) is 0.838. The number of benzene rings is 1. The highest BCUT2D eigenvalue weighted by Gasteiger charge is 2.28. The Hall–Kier alpha value is -0.440. The molecule has 15 heavy (non-hydrogen) atoms. The van der Waals surface area contributed by atoms with Crippen LogP contribution in [-0.2, 0) is 0 Å². The molecule has 0 aromatic heterocycles. The first-order chi connectivity index (χ1) is 7.09. The largest absolute Gasteiger partial charge is 0.508 e. The van der Waals surface area contributed by atoms with Crippen molar-refractivity contribution in [2.75, 3.05) is 0 Å². The van der Waals surface area contributed by atoms with Crippen LogP contribution in [0.3, 0.4) is 0 Å². The van der Waals surface area contributed by atoms with Gasteiger partial charge in [-0.2, -0.15) is 0 Å². The van der Waals surface area contributed by atoms with Crippen molar-refractivity contribution in [3.63, 3.8) is 0 Å². The molecule has 1 atom stereocenters. The van der Waals surface area contributed by atoms with Crippen LogP contribution >= 0.6 is 23.2 Å². The summed E-state index contributed by atoms with van der Waals surface area (Å²) in [7, 11) is 0. The number of phenolic OH excluding ortho intramolecular Hbond substituents is 1. The predicted molar refractivity (Wildman–Crippen MR) is 62.4 cm³/mol. The average Bonchev–Trinajstić information content (AvgIpc) is 1.97. The zero-order valence-electron chi connectivity index (χ0n) is 8.21. The minimum absolute atomic E-state index is 0.104. The van der Waals surface area contributed by atoms with Gasteiger partial charge in [0, 0.05) is 16.6 Å². The van der Waals surface area contributed by atoms with Gasteiger partial charge in [0.2, 0.25) is 0 Å². The highest BCUT2D eigenvalue weighted by atomic mass is 35.5. The van der Waals surface area contributed by atoms with Gasteiger partial charge in [0.05, 0.1) is 5.02 Å². The van der Waals surface area contributed by atoms with E-state index in [9.17, 15) is 5.11 Å². The third kappa shape index (κ3) is 2.07. The van der Waals surface area contributed by atoms with Gasteiger partial charge in [0.1, 0.15) is 5.75 Å². The second kappa shape index (κ2) is 4.20. The van der Waals surface area contributed by atoms with Crippen LogP contribution in [0.1, 0.15) is 30.9 Å². The first-order valence-corrected chi connectivity index (χ1v) is 5.78. The van der Waals surface area contributed by atoms with Crippen molar-refractivity contribution in [2.24, 2.45) is 11.7 Å². The molecule has 0 spiro atoms. The Kier molecular flexibility index (Phi) is 3.10. The summed E-state index contributed by atoms with van der Waals surface area (Å²) < 4.78 is 0. The van der Waals surface area contributed by atoms with E-state index < -0.39 is 0 Å². The second-order valence-corrected chi connectivity index (χ2v) is 4.88. The molecule has 0 bridgehead atoms. The molecule has 1 fully saturated rings. The molecule has 2 nitrogen and oxygen atoms in total. The molecule has 0 aliphatic heterocycles. The zero-order chi connectivity index (χ0) is 11.0. The Morgan fingerprint density at radius 1 is 1.33 bits per heavy atom. The molecule has 1 aliphatic rings. The summed E-state index contributed by atoms with van der Waals surface area (Å²) in [6, 6.07) is 2.93. The molecular formula is C11H13Cl2NO. The Morgan fingerprint density at radius 3 is 2.47 bits per heavy atom. The summed E-state index contributed by atoms with van der Waals surface area (Å²) in [4.78, 5) is 0. The standard InChI is InChI=1S/C11H13Cl2NO/c12-7-4-8(13)10(9(15)5-7)11(14)6-2-1-3-6/h4-6,11,15H,1-3,14H2/t11-/m0/s1. The maximum Gasteiger partial charge on any atom is 0.123 e. The molecule has 0 unspecified atom stereocenters. The number of hydrogen-bond acceptors (Lipinski definition) is 2. The summed E-state index contributed by atoms with van der Waals surface area (Å²) in [6.45, 7) is 0. The van der Waals surface area contributed by atoms with Crippen LogP contribution < -0.4 is 5.73 Å². The summed E-state index contributed by atoms with van der Waals surface area (Å²) in [5, 5.41) is 10.7. The fourth-order valence-corrected chi connectivity index (χ4v) is 2.54. The van der Waals surface area contributed by atoms with E-state index >= 15 is 0 Å². The van der Waals surface area contributed by atoms with Crippen LogP contribution in [0.2, 0.25) is 10.0 Å². The monoisotopic (exact) mass is 245 g/mol. The number of nitrogens with two attached hydrogens (primary N) is 1. The third-order valence-corrected chi connectivity index (χ3v) is 3.59. The van der Waals surface area contributed by atoms with E-state index in [0.717, 1.165) is 12.8 Å². The van der Waals surface area contributed by atoms with Crippen molar-refractivity contribution < 1.29 is 5.11 Å². The average molecular weight is 246 g/mol. The molecule has 2 rings (SSSR count). The lowest BCUT2D eigenvalue weighted by molar-refractivity contribution is 0.260. The van der Waals surface area contributed by atoms with Crippen molar-refractivity contribution in [1.29, 1.82) is 0 Å². The van der Waals surface area contributed by atoms with Crippen molar-refractivity contribution in [3.05, 3.63) is 27.7 Å². The zero-order valence-corrected chi connectivity index (χ0v) is 9.72. The van der Waals surface area contributed by atoms with E-state index in [4.69, 9.17) is 28.9 Å². The summed E-state index contributed by atoms with van der Waals surface area (Å²) in [5.41, 5.74) is 6.69. The fraction of sp³-hybridized carbons (Fsp3) is 0.455. The van der Waals surface area contributed by atoms with Gasteiger partial charge >= 0.3 is 0 Å². The Bertz CT molecular complexity index is 354. The van der Waals surface area contributed by atoms with E-state index in [-0.39, 0.29) is 11.8 Å². The van der Waals surface area contributed by atoms with Crippen LogP contribution in [0.15, 0.2) is 12.1 Å². The number of rotatable bonds is 2. The number of aromatic hydroxyl groups is 1. The SMILES string of the molecule is N[C@H](c1c(O)cc(Cl)cc1Cl)C1CCC1. The molecule has 82 valence electrons. The van der Waals surface area contributed by atoms with E-state index in [1.807, 2.05) is 0 Å². The smallest absolute Gasteiger partial charge is 0.123 e. The Labute approximate surface area is 99.0 Å².